The second-order valence-electron chi connectivity index (χ2n) is 7.02. The number of anilines is 2. The minimum absolute atomic E-state index is 0.408. The first-order valence-corrected chi connectivity index (χ1v) is 7.62. The van der Waals surface area contributed by atoms with E-state index in [1.54, 1.807) is 0 Å². The van der Waals surface area contributed by atoms with Crippen molar-refractivity contribution >= 4 is 11.8 Å². The predicted molar refractivity (Wildman–Crippen MR) is 85.1 cm³/mol. The minimum Gasteiger partial charge on any atom is -0.370 e. The average Bonchev–Trinajstić information content (AvgIpc) is 2.74. The number of rotatable bonds is 6. The van der Waals surface area contributed by atoms with Crippen LogP contribution in [0.25, 0.3) is 0 Å². The second-order valence-corrected chi connectivity index (χ2v) is 7.02. The number of nitrogens with zero attached hydrogens (tertiary/aromatic N) is 2. The van der Waals surface area contributed by atoms with Gasteiger partial charge < -0.3 is 10.6 Å². The second kappa shape index (κ2) is 5.23. The molecule has 0 aliphatic heterocycles. The highest BCUT2D eigenvalue weighted by Gasteiger charge is 2.64. The highest BCUT2D eigenvalue weighted by Crippen LogP contribution is 2.68. The van der Waals surface area contributed by atoms with E-state index in [1.807, 2.05) is 13.0 Å². The van der Waals surface area contributed by atoms with Gasteiger partial charge in [-0.25, -0.2) is 4.98 Å². The van der Waals surface area contributed by atoms with Gasteiger partial charge in [-0.1, -0.05) is 34.6 Å². The molecule has 1 aromatic rings. The molecule has 2 rings (SSSR count). The van der Waals surface area contributed by atoms with E-state index in [4.69, 9.17) is 0 Å². The number of nitrogens with one attached hydrogen (secondary N) is 2. The van der Waals surface area contributed by atoms with E-state index >= 15 is 0 Å². The molecule has 4 nitrogen and oxygen atoms in total. The summed E-state index contributed by atoms with van der Waals surface area (Å²) in [4.78, 5) is 8.94. The van der Waals surface area contributed by atoms with Crippen molar-refractivity contribution < 1.29 is 0 Å². The van der Waals surface area contributed by atoms with Crippen molar-refractivity contribution in [1.29, 1.82) is 0 Å². The lowest BCUT2D eigenvalue weighted by molar-refractivity contribution is 0.457. The molecule has 0 radical (unpaired) electrons. The molecule has 1 saturated carbocycles. The standard InChI is InChI=1S/C16H28N4/c1-7-8-17-14-19-11(2)9-13(20-14)18-10-12-15(3,4)16(12,5)6/h9,12H,7-8,10H2,1-6H3,(H2,17,18,19,20). The van der Waals surface area contributed by atoms with Crippen molar-refractivity contribution in [3.05, 3.63) is 11.8 Å². The summed E-state index contributed by atoms with van der Waals surface area (Å²) < 4.78 is 0. The molecule has 1 fully saturated rings. The van der Waals surface area contributed by atoms with Crippen LogP contribution in [0.5, 0.6) is 0 Å². The van der Waals surface area contributed by atoms with Crippen molar-refractivity contribution in [1.82, 2.24) is 9.97 Å². The largest absolute Gasteiger partial charge is 0.370 e. The molecule has 0 saturated heterocycles. The van der Waals surface area contributed by atoms with Crippen molar-refractivity contribution in [3.63, 3.8) is 0 Å². The maximum absolute atomic E-state index is 4.53. The van der Waals surface area contributed by atoms with Crippen molar-refractivity contribution in [2.24, 2.45) is 16.7 Å². The maximum Gasteiger partial charge on any atom is 0.224 e. The Hall–Kier alpha value is -1.32. The van der Waals surface area contributed by atoms with Crippen molar-refractivity contribution in [3.8, 4) is 0 Å². The summed E-state index contributed by atoms with van der Waals surface area (Å²) in [6.45, 7) is 15.4. The lowest BCUT2D eigenvalue weighted by Crippen LogP contribution is -2.12. The van der Waals surface area contributed by atoms with E-state index in [0.29, 0.717) is 16.7 Å². The van der Waals surface area contributed by atoms with E-state index in [1.165, 1.54) is 0 Å². The Kier molecular flexibility index (Phi) is 3.94. The molecule has 1 heterocycles. The summed E-state index contributed by atoms with van der Waals surface area (Å²) in [6, 6.07) is 2.01. The van der Waals surface area contributed by atoms with Gasteiger partial charge in [0.05, 0.1) is 0 Å². The van der Waals surface area contributed by atoms with Gasteiger partial charge in [0.25, 0.3) is 0 Å². The zero-order valence-corrected chi connectivity index (χ0v) is 13.7. The summed E-state index contributed by atoms with van der Waals surface area (Å²) >= 11 is 0. The van der Waals surface area contributed by atoms with Crippen molar-refractivity contribution in [2.75, 3.05) is 23.7 Å². The minimum atomic E-state index is 0.408. The molecule has 0 unspecified atom stereocenters. The Morgan fingerprint density at radius 2 is 1.75 bits per heavy atom. The van der Waals surface area contributed by atoms with E-state index in [9.17, 15) is 0 Å². The Balaban J connectivity index is 1.98. The number of hydrogen-bond acceptors (Lipinski definition) is 4. The molecular weight excluding hydrogens is 248 g/mol. The predicted octanol–water partition coefficient (Wildman–Crippen LogP) is 3.70. The maximum atomic E-state index is 4.53. The first-order chi connectivity index (χ1) is 9.29. The highest BCUT2D eigenvalue weighted by molar-refractivity contribution is 5.42. The average molecular weight is 276 g/mol. The molecule has 0 bridgehead atoms. The fraction of sp³-hybridized carbons (Fsp3) is 0.750. The van der Waals surface area contributed by atoms with Gasteiger partial charge in [-0.15, -0.1) is 0 Å². The molecule has 0 spiro atoms. The summed E-state index contributed by atoms with van der Waals surface area (Å²) in [7, 11) is 0. The number of aryl methyl sites for hydroxylation is 1. The molecular formula is C16H28N4. The molecule has 4 heteroatoms. The number of hydrogen-bond donors (Lipinski definition) is 2. The Morgan fingerprint density at radius 3 is 2.30 bits per heavy atom. The molecule has 0 atom stereocenters. The van der Waals surface area contributed by atoms with Crippen LogP contribution in [0.1, 0.15) is 46.7 Å². The van der Waals surface area contributed by atoms with Crippen LogP contribution in [0, 0.1) is 23.7 Å². The van der Waals surface area contributed by atoms with Crippen LogP contribution in [0.4, 0.5) is 11.8 Å². The van der Waals surface area contributed by atoms with Crippen LogP contribution in [-0.4, -0.2) is 23.1 Å². The topological polar surface area (TPSA) is 49.8 Å². The van der Waals surface area contributed by atoms with Gasteiger partial charge in [0, 0.05) is 24.8 Å². The van der Waals surface area contributed by atoms with Crippen molar-refractivity contribution in [2.45, 2.75) is 48.0 Å². The fourth-order valence-electron chi connectivity index (χ4n) is 3.03. The van der Waals surface area contributed by atoms with Crippen LogP contribution < -0.4 is 10.6 Å². The number of aromatic nitrogens is 2. The van der Waals surface area contributed by atoms with E-state index < -0.39 is 0 Å². The lowest BCUT2D eigenvalue weighted by Gasteiger charge is -2.10. The fourth-order valence-corrected chi connectivity index (χ4v) is 3.03. The first-order valence-electron chi connectivity index (χ1n) is 7.62. The van der Waals surface area contributed by atoms with Gasteiger partial charge in [0.15, 0.2) is 0 Å². The molecule has 112 valence electrons. The Bertz CT molecular complexity index is 465. The molecule has 0 amide bonds. The zero-order valence-electron chi connectivity index (χ0n) is 13.7. The van der Waals surface area contributed by atoms with Crippen LogP contribution >= 0.6 is 0 Å². The zero-order chi connectivity index (χ0) is 15.0. The normalized spacial score (nSPS) is 19.7. The summed E-state index contributed by atoms with van der Waals surface area (Å²) in [5, 5.41) is 6.73. The molecule has 1 aliphatic rings. The van der Waals surface area contributed by atoms with Crippen LogP contribution in [0.15, 0.2) is 6.07 Å². The van der Waals surface area contributed by atoms with Crippen LogP contribution in [0.2, 0.25) is 0 Å². The molecule has 1 aromatic heterocycles. The highest BCUT2D eigenvalue weighted by atomic mass is 15.1. The Morgan fingerprint density at radius 1 is 1.10 bits per heavy atom. The SMILES string of the molecule is CCCNc1nc(C)cc(NCC2C(C)(C)C2(C)C)n1. The van der Waals surface area contributed by atoms with Gasteiger partial charge in [-0.3, -0.25) is 0 Å². The van der Waals surface area contributed by atoms with Gasteiger partial charge in [-0.2, -0.15) is 4.98 Å². The van der Waals surface area contributed by atoms with Gasteiger partial charge >= 0.3 is 0 Å². The lowest BCUT2D eigenvalue weighted by atomic mass is 10.0. The molecule has 2 N–H and O–H groups in total. The third-order valence-electron chi connectivity index (χ3n) is 5.19. The molecule has 1 aliphatic carbocycles. The van der Waals surface area contributed by atoms with Crippen LogP contribution in [-0.2, 0) is 0 Å². The third-order valence-corrected chi connectivity index (χ3v) is 5.19. The van der Waals surface area contributed by atoms with E-state index in [2.05, 4.69) is 55.2 Å². The summed E-state index contributed by atoms with van der Waals surface area (Å²) in [5.74, 6) is 2.34. The van der Waals surface area contributed by atoms with Gasteiger partial charge in [-0.05, 0) is 30.1 Å². The third kappa shape index (κ3) is 2.74. The van der Waals surface area contributed by atoms with Crippen LogP contribution in [0.3, 0.4) is 0 Å². The van der Waals surface area contributed by atoms with Gasteiger partial charge in [0.2, 0.25) is 5.95 Å². The molecule has 0 aromatic carbocycles. The Labute approximate surface area is 122 Å². The summed E-state index contributed by atoms with van der Waals surface area (Å²) in [5.41, 5.74) is 1.81. The first kappa shape index (κ1) is 15.1. The molecule has 20 heavy (non-hydrogen) atoms. The smallest absolute Gasteiger partial charge is 0.224 e. The monoisotopic (exact) mass is 276 g/mol. The summed E-state index contributed by atoms with van der Waals surface area (Å²) in [6.07, 6.45) is 1.07. The quantitative estimate of drug-likeness (QED) is 0.832. The van der Waals surface area contributed by atoms with E-state index in [-0.39, 0.29) is 0 Å². The van der Waals surface area contributed by atoms with E-state index in [0.717, 1.165) is 37.0 Å². The van der Waals surface area contributed by atoms with Gasteiger partial charge in [0.1, 0.15) is 5.82 Å².